The van der Waals surface area contributed by atoms with E-state index in [0.29, 0.717) is 0 Å². The van der Waals surface area contributed by atoms with Gasteiger partial charge in [-0.1, -0.05) is 50.1 Å². The van der Waals surface area contributed by atoms with E-state index in [0.717, 1.165) is 12.2 Å². The van der Waals surface area contributed by atoms with E-state index in [9.17, 15) is 0 Å². The van der Waals surface area contributed by atoms with Crippen LogP contribution in [-0.2, 0) is 22.3 Å². The van der Waals surface area contributed by atoms with Gasteiger partial charge in [-0.15, -0.1) is 0 Å². The van der Waals surface area contributed by atoms with Crippen LogP contribution >= 0.6 is 0 Å². The smallest absolute Gasteiger partial charge is 0.132 e. The van der Waals surface area contributed by atoms with Crippen molar-refractivity contribution in [3.8, 4) is 5.75 Å². The monoisotopic (exact) mass is 370 g/mol. The Morgan fingerprint density at radius 1 is 0.963 bits per heavy atom. The van der Waals surface area contributed by atoms with Gasteiger partial charge in [0.05, 0.1) is 7.11 Å². The van der Waals surface area contributed by atoms with Crippen molar-refractivity contribution in [2.24, 2.45) is 0 Å². The topological polar surface area (TPSA) is 38.7 Å². The highest BCUT2D eigenvalue weighted by molar-refractivity contribution is 5.55. The first-order valence-corrected chi connectivity index (χ1v) is 9.52. The van der Waals surface area contributed by atoms with Gasteiger partial charge in [0.1, 0.15) is 11.4 Å². The van der Waals surface area contributed by atoms with Crippen LogP contribution in [0.5, 0.6) is 5.75 Å². The van der Waals surface area contributed by atoms with Crippen LogP contribution in [0.3, 0.4) is 0 Å². The fraction of sp³-hybridized carbons (Fsp3) is 0.500. The maximum atomic E-state index is 7.07. The second-order valence-electron chi connectivity index (χ2n) is 9.12. The van der Waals surface area contributed by atoms with E-state index in [2.05, 4.69) is 84.5 Å². The highest BCUT2D eigenvalue weighted by Gasteiger charge is 2.38. The first-order chi connectivity index (χ1) is 12.4. The van der Waals surface area contributed by atoms with E-state index >= 15 is 0 Å². The van der Waals surface area contributed by atoms with E-state index in [1.165, 1.54) is 46.1 Å². The number of fused-ring (bicyclic) bond motifs is 1. The lowest BCUT2D eigenvalue weighted by Crippen LogP contribution is -2.36. The van der Waals surface area contributed by atoms with E-state index in [4.69, 9.17) is 9.99 Å². The Labute approximate surface area is 164 Å². The van der Waals surface area contributed by atoms with E-state index in [1.54, 1.807) is 0 Å². The van der Waals surface area contributed by atoms with Crippen molar-refractivity contribution >= 4 is 0 Å². The Balaban J connectivity index is 0.000000817. The van der Waals surface area contributed by atoms with Crippen LogP contribution in [0.1, 0.15) is 73.6 Å². The van der Waals surface area contributed by atoms with Crippen LogP contribution in [0.25, 0.3) is 0 Å². The summed E-state index contributed by atoms with van der Waals surface area (Å²) >= 11 is 0. The summed E-state index contributed by atoms with van der Waals surface area (Å²) in [6.07, 6.45) is 0.941. The lowest BCUT2D eigenvalue weighted by atomic mass is 9.80. The van der Waals surface area contributed by atoms with E-state index in [1.807, 2.05) is 0 Å². The Kier molecular flexibility index (Phi) is 6.08. The molecule has 0 atom stereocenters. The molecule has 3 rings (SSSR count). The minimum atomic E-state index is -0.145. The first-order valence-electron chi connectivity index (χ1n) is 9.52. The molecule has 3 nitrogen and oxygen atoms in total. The number of ether oxygens (including phenoxy) is 1. The molecule has 148 valence electrons. The van der Waals surface area contributed by atoms with Gasteiger partial charge in [-0.3, -0.25) is 5.26 Å². The number of aryl methyl sites for hydroxylation is 2. The zero-order valence-corrected chi connectivity index (χ0v) is 18.3. The molecule has 0 saturated carbocycles. The van der Waals surface area contributed by atoms with Crippen molar-refractivity contribution in [3.63, 3.8) is 0 Å². The minimum absolute atomic E-state index is 0.145. The lowest BCUT2D eigenvalue weighted by Gasteiger charge is -2.40. The third-order valence-electron chi connectivity index (χ3n) is 5.16. The molecule has 1 aliphatic heterocycles. The normalized spacial score (nSPS) is 14.4. The average Bonchev–Trinajstić information content (AvgIpc) is 2.52. The standard InChI is InChI=1S/C23H30O.CH4O2/c1-14-9-17(16(3)19(11-14)22(4,5)6)13-18-10-15(2)12-20-21(18)24-23(20,7)8;1-3-2/h9-12H,13H2,1-8H3;2H,1H3. The molecular weight excluding hydrogens is 336 g/mol. The fourth-order valence-corrected chi connectivity index (χ4v) is 3.91. The van der Waals surface area contributed by atoms with Gasteiger partial charge >= 0.3 is 0 Å². The molecule has 0 unspecified atom stereocenters. The van der Waals surface area contributed by atoms with Crippen LogP contribution in [-0.4, -0.2) is 12.4 Å². The van der Waals surface area contributed by atoms with Crippen LogP contribution in [0.4, 0.5) is 0 Å². The molecule has 0 aliphatic carbocycles. The van der Waals surface area contributed by atoms with Crippen molar-refractivity contribution in [1.29, 1.82) is 0 Å². The summed E-state index contributed by atoms with van der Waals surface area (Å²) in [5, 5.41) is 7.07. The maximum Gasteiger partial charge on any atom is 0.132 e. The highest BCUT2D eigenvalue weighted by Crippen LogP contribution is 2.47. The molecule has 1 aliphatic rings. The summed E-state index contributed by atoms with van der Waals surface area (Å²) in [5.41, 5.74) is 9.63. The van der Waals surface area contributed by atoms with Crippen molar-refractivity contribution in [1.82, 2.24) is 0 Å². The van der Waals surface area contributed by atoms with E-state index < -0.39 is 0 Å². The van der Waals surface area contributed by atoms with Crippen molar-refractivity contribution in [2.45, 2.75) is 72.8 Å². The molecule has 0 radical (unpaired) electrons. The Hall–Kier alpha value is -1.84. The van der Waals surface area contributed by atoms with Gasteiger partial charge in [0, 0.05) is 12.0 Å². The van der Waals surface area contributed by atoms with Gasteiger partial charge in [0.2, 0.25) is 0 Å². The van der Waals surface area contributed by atoms with Crippen molar-refractivity contribution in [2.75, 3.05) is 7.11 Å². The number of hydrogen-bond acceptors (Lipinski definition) is 3. The molecule has 0 amide bonds. The zero-order valence-electron chi connectivity index (χ0n) is 18.3. The summed E-state index contributed by atoms with van der Waals surface area (Å²) in [5.74, 6) is 1.10. The van der Waals surface area contributed by atoms with Crippen LogP contribution in [0, 0.1) is 20.8 Å². The molecule has 0 saturated heterocycles. The van der Waals surface area contributed by atoms with Crippen LogP contribution in [0.15, 0.2) is 24.3 Å². The maximum absolute atomic E-state index is 7.07. The lowest BCUT2D eigenvalue weighted by molar-refractivity contribution is -0.214. The summed E-state index contributed by atoms with van der Waals surface area (Å²) < 4.78 is 6.10. The Morgan fingerprint density at radius 3 is 2.00 bits per heavy atom. The minimum Gasteiger partial charge on any atom is -0.482 e. The number of rotatable bonds is 2. The Morgan fingerprint density at radius 2 is 1.48 bits per heavy atom. The van der Waals surface area contributed by atoms with Gasteiger partial charge < -0.3 is 4.74 Å². The van der Waals surface area contributed by atoms with Gasteiger partial charge in [-0.05, 0) is 68.4 Å². The summed E-state index contributed by atoms with van der Waals surface area (Å²) in [6, 6.07) is 9.23. The summed E-state index contributed by atoms with van der Waals surface area (Å²) in [7, 11) is 1.18. The second kappa shape index (κ2) is 7.65. The molecule has 1 N–H and O–H groups in total. The molecule has 0 spiro atoms. The second-order valence-corrected chi connectivity index (χ2v) is 9.12. The van der Waals surface area contributed by atoms with Crippen molar-refractivity contribution in [3.05, 3.63) is 63.2 Å². The summed E-state index contributed by atoms with van der Waals surface area (Å²) in [4.78, 5) is 3.25. The SMILES string of the molecule is COO.Cc1cc(Cc2cc(C)cc3c2OC3(C)C)c(C)c(C(C)(C)C)c1. The molecule has 3 heteroatoms. The predicted molar refractivity (Wildman–Crippen MR) is 112 cm³/mol. The first kappa shape index (κ1) is 21.5. The molecule has 2 aromatic rings. The largest absolute Gasteiger partial charge is 0.482 e. The molecular formula is C24H34O3. The van der Waals surface area contributed by atoms with E-state index in [-0.39, 0.29) is 11.0 Å². The predicted octanol–water partition coefficient (Wildman–Crippen LogP) is 6.23. The van der Waals surface area contributed by atoms with Gasteiger partial charge in [0.25, 0.3) is 0 Å². The highest BCUT2D eigenvalue weighted by atomic mass is 17.1. The number of hydrogen-bond donors (Lipinski definition) is 1. The molecule has 2 aromatic carbocycles. The van der Waals surface area contributed by atoms with Gasteiger partial charge in [0.15, 0.2) is 0 Å². The fourth-order valence-electron chi connectivity index (χ4n) is 3.91. The van der Waals surface area contributed by atoms with Gasteiger partial charge in [-0.25, -0.2) is 4.89 Å². The molecule has 1 heterocycles. The van der Waals surface area contributed by atoms with Crippen molar-refractivity contribution < 1.29 is 14.9 Å². The third kappa shape index (κ3) is 4.53. The quantitative estimate of drug-likeness (QED) is 0.503. The zero-order chi connectivity index (χ0) is 20.6. The summed E-state index contributed by atoms with van der Waals surface area (Å²) in [6.45, 7) is 17.8. The molecule has 0 aromatic heterocycles. The average molecular weight is 371 g/mol. The van der Waals surface area contributed by atoms with Gasteiger partial charge in [-0.2, -0.15) is 0 Å². The van der Waals surface area contributed by atoms with Crippen LogP contribution in [0.2, 0.25) is 0 Å². The molecule has 0 bridgehead atoms. The number of benzene rings is 2. The van der Waals surface area contributed by atoms with Crippen LogP contribution < -0.4 is 4.74 Å². The third-order valence-corrected chi connectivity index (χ3v) is 5.16. The molecule has 0 fully saturated rings. The molecule has 27 heavy (non-hydrogen) atoms. The Bertz CT molecular complexity index is 826.